The molecular formula is H2Cl6Na2Pt. The summed E-state index contributed by atoms with van der Waals surface area (Å²) in [6.07, 6.45) is 0. The van der Waals surface area contributed by atoms with Gasteiger partial charge in [0, 0.05) is 0 Å². The molecule has 0 N–H and O–H groups in total. The fourth-order valence-electron chi connectivity index (χ4n) is 0. The van der Waals surface area contributed by atoms with Gasteiger partial charge in [0.05, 0.1) is 0 Å². The first kappa shape index (κ1) is 19.1. The summed E-state index contributed by atoms with van der Waals surface area (Å²) in [7, 11) is 25.0. The van der Waals surface area contributed by atoms with Crippen molar-refractivity contribution in [3.63, 3.8) is 0 Å². The molecule has 0 amide bonds. The Labute approximate surface area is 120 Å². The van der Waals surface area contributed by atoms with Gasteiger partial charge in [-0.3, -0.25) is 0 Å². The van der Waals surface area contributed by atoms with E-state index < -0.39 is 7.31 Å². The van der Waals surface area contributed by atoms with Crippen molar-refractivity contribution in [3.8, 4) is 0 Å². The summed E-state index contributed by atoms with van der Waals surface area (Å²) in [4.78, 5) is 0. The van der Waals surface area contributed by atoms with Crippen LogP contribution in [0.5, 0.6) is 0 Å². The summed E-state index contributed by atoms with van der Waals surface area (Å²) < 4.78 is 0. The second-order valence-electron chi connectivity index (χ2n) is 0.678. The van der Waals surface area contributed by atoms with Gasteiger partial charge in [-0.2, -0.15) is 0 Å². The third kappa shape index (κ3) is 68.9. The van der Waals surface area contributed by atoms with Crippen molar-refractivity contribution in [2.24, 2.45) is 0 Å². The Kier molecular flexibility index (Phi) is 9.11. The van der Waals surface area contributed by atoms with Gasteiger partial charge in [0.1, 0.15) is 0 Å². The standard InChI is InChI=1S/6ClH.2Na.Pt.2H/h6*1H;;;;;/q;;;;;;;;+6;;/p-6. The molecule has 0 atom stereocenters. The van der Waals surface area contributed by atoms with E-state index in [2.05, 4.69) is 0 Å². The quantitative estimate of drug-likeness (QED) is 0.493. The molecule has 0 unspecified atom stereocenters. The topological polar surface area (TPSA) is 0 Å². The fraction of sp³-hybridized carbons (Fsp3) is 0. The monoisotopic (exact) mass is 453 g/mol. The summed E-state index contributed by atoms with van der Waals surface area (Å²) in [5, 5.41) is 0. The van der Waals surface area contributed by atoms with E-state index in [1.165, 1.54) is 0 Å². The van der Waals surface area contributed by atoms with Crippen LogP contribution in [0.25, 0.3) is 0 Å². The number of halogens is 6. The molecule has 56 valence electrons. The van der Waals surface area contributed by atoms with Crippen molar-refractivity contribution in [2.45, 2.75) is 0 Å². The first-order chi connectivity index (χ1) is 2.45. The maximum atomic E-state index is 5.05. The number of hydrogen-bond acceptors (Lipinski definition) is 0. The first-order valence-electron chi connectivity index (χ1n) is 0.717. The van der Waals surface area contributed by atoms with Crippen LogP contribution in [0.3, 0.4) is 0 Å². The van der Waals surface area contributed by atoms with Crippen molar-refractivity contribution in [2.75, 3.05) is 0 Å². The summed E-state index contributed by atoms with van der Waals surface area (Å²) in [5.74, 6) is 0. The number of hydrogen-bond donors (Lipinski definition) is 0. The van der Waals surface area contributed by atoms with E-state index >= 15 is 0 Å². The molecule has 0 nitrogen and oxygen atoms in total. The third-order valence-electron chi connectivity index (χ3n) is 0. The molecule has 0 saturated carbocycles. The molecule has 0 spiro atoms. The van der Waals surface area contributed by atoms with Gasteiger partial charge < -0.3 is 0 Å². The van der Waals surface area contributed by atoms with E-state index in [0.29, 0.717) is 0 Å². The van der Waals surface area contributed by atoms with E-state index in [-0.39, 0.29) is 59.1 Å². The minimum absolute atomic E-state index is 0. The van der Waals surface area contributed by atoms with Crippen LogP contribution in [0.1, 0.15) is 0 Å². The average molecular weight is 456 g/mol. The molecule has 0 aliphatic carbocycles. The van der Waals surface area contributed by atoms with Gasteiger partial charge >= 0.3 is 123 Å². The Bertz CT molecular complexity index is 69.6. The van der Waals surface area contributed by atoms with Gasteiger partial charge in [-0.25, -0.2) is 0 Å². The Morgan fingerprint density at radius 2 is 0.556 bits per heavy atom. The molecule has 0 bridgehead atoms. The fourth-order valence-corrected chi connectivity index (χ4v) is 0. The summed E-state index contributed by atoms with van der Waals surface area (Å²) >= 11 is 0. The van der Waals surface area contributed by atoms with E-state index in [1.807, 2.05) is 0 Å². The summed E-state index contributed by atoms with van der Waals surface area (Å²) in [5.41, 5.74) is 0. The molecule has 0 aromatic carbocycles. The molecule has 0 heterocycles. The van der Waals surface area contributed by atoms with Crippen LogP contribution in [0.4, 0.5) is 0 Å². The summed E-state index contributed by atoms with van der Waals surface area (Å²) in [6.45, 7) is 0. The van der Waals surface area contributed by atoms with E-state index in [0.717, 1.165) is 0 Å². The van der Waals surface area contributed by atoms with Gasteiger partial charge in [-0.05, 0) is 0 Å². The van der Waals surface area contributed by atoms with Crippen molar-refractivity contribution in [3.05, 3.63) is 0 Å². The van der Waals surface area contributed by atoms with Gasteiger partial charge in [0.25, 0.3) is 0 Å². The summed E-state index contributed by atoms with van der Waals surface area (Å²) in [6, 6.07) is 0. The molecule has 0 radical (unpaired) electrons. The van der Waals surface area contributed by atoms with Crippen molar-refractivity contribution in [1.29, 1.82) is 0 Å². The Morgan fingerprint density at radius 3 is 0.556 bits per heavy atom. The predicted octanol–water partition coefficient (Wildman–Crippen LogP) is 2.84. The molecule has 0 rings (SSSR count). The molecular weight excluding hydrogens is 454 g/mol. The molecule has 0 fully saturated rings. The maximum absolute atomic E-state index is 5.29. The third-order valence-corrected chi connectivity index (χ3v) is 0. The Morgan fingerprint density at radius 1 is 0.556 bits per heavy atom. The zero-order chi connectivity index (χ0) is 6.41. The molecule has 0 aliphatic heterocycles. The second kappa shape index (κ2) is 4.30. The normalized spacial score (nSPS) is 18.0. The molecule has 0 aliphatic rings. The van der Waals surface area contributed by atoms with Gasteiger partial charge in [0.15, 0.2) is 0 Å². The first-order valence-corrected chi connectivity index (χ1v) is 17.6. The second-order valence-corrected chi connectivity index (χ2v) is 49.9. The predicted molar refractivity (Wildman–Crippen MR) is 49.4 cm³/mol. The number of rotatable bonds is 0. The SMILES string of the molecule is [Cl][Pt]([Cl])([Cl])([Cl])([Cl])[Cl].[NaH].[NaH]. The average Bonchev–Trinajstić information content (AvgIpc) is 0.592. The minimum atomic E-state index is -5.29. The van der Waals surface area contributed by atoms with Crippen LogP contribution in [-0.4, -0.2) is 59.1 Å². The van der Waals surface area contributed by atoms with Crippen LogP contribution in [0.2, 0.25) is 0 Å². The Balaban J connectivity index is -0.000000180. The van der Waals surface area contributed by atoms with Crippen LogP contribution < -0.4 is 0 Å². The zero-order valence-electron chi connectivity index (χ0n) is 2.58. The zero-order valence-corrected chi connectivity index (χ0v) is 9.39. The van der Waals surface area contributed by atoms with Gasteiger partial charge in [-0.15, -0.1) is 0 Å². The molecule has 0 aromatic rings. The van der Waals surface area contributed by atoms with Crippen molar-refractivity contribution in [1.82, 2.24) is 0 Å². The molecule has 0 aromatic heterocycles. The van der Waals surface area contributed by atoms with Crippen LogP contribution in [-0.2, 0) is 7.31 Å². The van der Waals surface area contributed by atoms with Crippen LogP contribution in [0.15, 0.2) is 0 Å². The van der Waals surface area contributed by atoms with Crippen molar-refractivity contribution < 1.29 is 7.31 Å². The molecule has 9 heteroatoms. The van der Waals surface area contributed by atoms with Gasteiger partial charge in [-0.1, -0.05) is 0 Å². The molecule has 9 heavy (non-hydrogen) atoms. The Hall–Kier alpha value is 4.43. The van der Waals surface area contributed by atoms with E-state index in [9.17, 15) is 0 Å². The van der Waals surface area contributed by atoms with E-state index in [1.54, 1.807) is 0 Å². The van der Waals surface area contributed by atoms with Crippen LogP contribution in [0, 0.1) is 0 Å². The molecule has 0 saturated heterocycles. The van der Waals surface area contributed by atoms with Crippen LogP contribution >= 0.6 is 56.5 Å². The van der Waals surface area contributed by atoms with E-state index in [4.69, 9.17) is 56.5 Å². The van der Waals surface area contributed by atoms with Gasteiger partial charge in [0.2, 0.25) is 0 Å². The van der Waals surface area contributed by atoms with Crippen molar-refractivity contribution >= 4 is 116 Å².